The van der Waals surface area contributed by atoms with Crippen molar-refractivity contribution in [3.8, 4) is 0 Å². The smallest absolute Gasteiger partial charge is 0.232 e. The fraction of sp³-hybridized carbons (Fsp3) is 0.600. The van der Waals surface area contributed by atoms with Crippen molar-refractivity contribution in [2.24, 2.45) is 11.1 Å². The van der Waals surface area contributed by atoms with E-state index >= 15 is 0 Å². The van der Waals surface area contributed by atoms with Crippen molar-refractivity contribution in [3.05, 3.63) is 24.4 Å². The Balaban J connectivity index is 1.62. The van der Waals surface area contributed by atoms with Crippen molar-refractivity contribution >= 4 is 11.7 Å². The second kappa shape index (κ2) is 5.61. The van der Waals surface area contributed by atoms with E-state index in [4.69, 9.17) is 10.5 Å². The number of hydrogen-bond acceptors (Lipinski definition) is 5. The van der Waals surface area contributed by atoms with Gasteiger partial charge in [-0.3, -0.25) is 4.79 Å². The number of anilines is 1. The molecule has 6 nitrogen and oxygen atoms in total. The van der Waals surface area contributed by atoms with Gasteiger partial charge in [-0.1, -0.05) is 6.07 Å². The van der Waals surface area contributed by atoms with Crippen LogP contribution in [-0.2, 0) is 9.53 Å². The Labute approximate surface area is 124 Å². The normalized spacial score (nSPS) is 29.7. The average molecular weight is 290 g/mol. The van der Waals surface area contributed by atoms with Gasteiger partial charge in [0.2, 0.25) is 5.91 Å². The van der Waals surface area contributed by atoms with E-state index in [2.05, 4.69) is 9.88 Å². The summed E-state index contributed by atoms with van der Waals surface area (Å²) in [7, 11) is 0. The van der Waals surface area contributed by atoms with Crippen molar-refractivity contribution in [1.82, 2.24) is 9.88 Å². The zero-order valence-electron chi connectivity index (χ0n) is 12.4. The molecule has 2 unspecified atom stereocenters. The first-order valence-corrected chi connectivity index (χ1v) is 7.40. The maximum Gasteiger partial charge on any atom is 0.232 e. The Morgan fingerprint density at radius 1 is 1.38 bits per heavy atom. The summed E-state index contributed by atoms with van der Waals surface area (Å²) in [5, 5.41) is 0. The predicted octanol–water partition coefficient (Wildman–Crippen LogP) is 0.0940. The van der Waals surface area contributed by atoms with Crippen LogP contribution < -0.4 is 10.6 Å². The summed E-state index contributed by atoms with van der Waals surface area (Å²) >= 11 is 0. The number of nitrogens with two attached hydrogens (primary N) is 1. The molecule has 21 heavy (non-hydrogen) atoms. The highest BCUT2D eigenvalue weighted by atomic mass is 16.5. The third kappa shape index (κ3) is 2.61. The zero-order chi connectivity index (χ0) is 14.9. The van der Waals surface area contributed by atoms with Crippen molar-refractivity contribution in [2.75, 3.05) is 44.3 Å². The van der Waals surface area contributed by atoms with Crippen molar-refractivity contribution in [3.63, 3.8) is 0 Å². The Bertz CT molecular complexity index is 502. The Morgan fingerprint density at radius 3 is 2.71 bits per heavy atom. The van der Waals surface area contributed by atoms with E-state index in [-0.39, 0.29) is 11.9 Å². The van der Waals surface area contributed by atoms with Crippen LogP contribution in [-0.4, -0.2) is 61.2 Å². The highest BCUT2D eigenvalue weighted by Gasteiger charge is 2.46. The van der Waals surface area contributed by atoms with Crippen LogP contribution in [0.25, 0.3) is 0 Å². The summed E-state index contributed by atoms with van der Waals surface area (Å²) in [5.74, 6) is 1.09. The highest BCUT2D eigenvalue weighted by molar-refractivity contribution is 5.84. The largest absolute Gasteiger partial charge is 0.379 e. The molecule has 3 heterocycles. The number of amides is 1. The molecule has 0 aliphatic carbocycles. The maximum atomic E-state index is 12.7. The lowest BCUT2D eigenvalue weighted by Crippen LogP contribution is -2.56. The quantitative estimate of drug-likeness (QED) is 0.836. The topological polar surface area (TPSA) is 71.7 Å². The zero-order valence-corrected chi connectivity index (χ0v) is 12.4. The van der Waals surface area contributed by atoms with Crippen molar-refractivity contribution in [1.29, 1.82) is 0 Å². The van der Waals surface area contributed by atoms with Gasteiger partial charge >= 0.3 is 0 Å². The van der Waals surface area contributed by atoms with Gasteiger partial charge in [0, 0.05) is 38.4 Å². The molecule has 1 aromatic heterocycles. The molecule has 1 amide bonds. The number of pyridine rings is 1. The molecular formula is C15H22N4O2. The third-order valence-corrected chi connectivity index (χ3v) is 4.55. The Morgan fingerprint density at radius 2 is 2.14 bits per heavy atom. The molecule has 2 aliphatic rings. The van der Waals surface area contributed by atoms with E-state index in [1.165, 1.54) is 0 Å². The number of ether oxygens (including phenoxy) is 1. The maximum absolute atomic E-state index is 12.7. The lowest BCUT2D eigenvalue weighted by atomic mass is 9.84. The molecule has 2 fully saturated rings. The van der Waals surface area contributed by atoms with Gasteiger partial charge in [-0.05, 0) is 19.1 Å². The van der Waals surface area contributed by atoms with Crippen LogP contribution in [0.5, 0.6) is 0 Å². The molecule has 6 heteroatoms. The summed E-state index contributed by atoms with van der Waals surface area (Å²) in [6, 6.07) is 5.68. The number of carbonyl (C=O) groups is 1. The van der Waals surface area contributed by atoms with Crippen molar-refractivity contribution < 1.29 is 9.53 Å². The minimum Gasteiger partial charge on any atom is -0.379 e. The van der Waals surface area contributed by atoms with Gasteiger partial charge in [0.25, 0.3) is 0 Å². The molecule has 2 aliphatic heterocycles. The minimum absolute atomic E-state index is 0.119. The minimum atomic E-state index is -0.576. The summed E-state index contributed by atoms with van der Waals surface area (Å²) in [6.45, 7) is 5.82. The van der Waals surface area contributed by atoms with Crippen molar-refractivity contribution in [2.45, 2.75) is 13.0 Å². The number of nitrogens with zero attached hydrogens (tertiary/aromatic N) is 3. The van der Waals surface area contributed by atoms with E-state index < -0.39 is 5.41 Å². The number of carbonyl (C=O) groups excluding carboxylic acids is 1. The number of aromatic nitrogens is 1. The lowest BCUT2D eigenvalue weighted by Gasteiger charge is -2.39. The predicted molar refractivity (Wildman–Crippen MR) is 79.9 cm³/mol. The average Bonchev–Trinajstić information content (AvgIpc) is 2.88. The van der Waals surface area contributed by atoms with Gasteiger partial charge < -0.3 is 20.3 Å². The van der Waals surface area contributed by atoms with Crippen LogP contribution in [0.2, 0.25) is 0 Å². The standard InChI is InChI=1S/C15H22N4O2/c1-15(11-21-10-12(15)16)14(20)19-8-6-18(7-9-19)13-4-2-3-5-17-13/h2-5,12H,6-11,16H2,1H3. The van der Waals surface area contributed by atoms with Gasteiger partial charge in [-0.25, -0.2) is 4.98 Å². The Hall–Kier alpha value is -1.66. The second-order valence-corrected chi connectivity index (χ2v) is 6.01. The van der Waals surface area contributed by atoms with E-state index in [1.807, 2.05) is 30.0 Å². The molecule has 114 valence electrons. The lowest BCUT2D eigenvalue weighted by molar-refractivity contribution is -0.142. The van der Waals surface area contributed by atoms with Gasteiger partial charge in [0.05, 0.1) is 18.6 Å². The first-order chi connectivity index (χ1) is 10.1. The van der Waals surface area contributed by atoms with Crippen LogP contribution in [0.3, 0.4) is 0 Å². The molecule has 2 saturated heterocycles. The van der Waals surface area contributed by atoms with E-state index in [1.54, 1.807) is 6.20 Å². The second-order valence-electron chi connectivity index (χ2n) is 6.01. The summed E-state index contributed by atoms with van der Waals surface area (Å²) in [5.41, 5.74) is 5.47. The van der Waals surface area contributed by atoms with Gasteiger partial charge in [-0.2, -0.15) is 0 Å². The Kier molecular flexibility index (Phi) is 3.82. The first kappa shape index (κ1) is 14.3. The fourth-order valence-corrected chi connectivity index (χ4v) is 2.95. The van der Waals surface area contributed by atoms with Crippen LogP contribution >= 0.6 is 0 Å². The number of rotatable bonds is 2. The molecule has 0 aromatic carbocycles. The summed E-state index contributed by atoms with van der Waals surface area (Å²) < 4.78 is 5.38. The molecular weight excluding hydrogens is 268 g/mol. The molecule has 2 N–H and O–H groups in total. The molecule has 1 aromatic rings. The van der Waals surface area contributed by atoms with Crippen LogP contribution in [0.15, 0.2) is 24.4 Å². The van der Waals surface area contributed by atoms with E-state index in [9.17, 15) is 4.79 Å². The molecule has 3 rings (SSSR count). The fourth-order valence-electron chi connectivity index (χ4n) is 2.95. The molecule has 2 atom stereocenters. The SMILES string of the molecule is CC1(C(=O)N2CCN(c3ccccn3)CC2)COCC1N. The summed E-state index contributed by atoms with van der Waals surface area (Å²) in [4.78, 5) is 21.2. The number of piperazine rings is 1. The van der Waals surface area contributed by atoms with E-state index in [0.717, 1.165) is 18.9 Å². The third-order valence-electron chi connectivity index (χ3n) is 4.55. The highest BCUT2D eigenvalue weighted by Crippen LogP contribution is 2.30. The van der Waals surface area contributed by atoms with Gasteiger partial charge in [-0.15, -0.1) is 0 Å². The molecule has 0 radical (unpaired) electrons. The number of hydrogen-bond donors (Lipinski definition) is 1. The van der Waals surface area contributed by atoms with Crippen LogP contribution in [0, 0.1) is 5.41 Å². The van der Waals surface area contributed by atoms with Gasteiger partial charge in [0.1, 0.15) is 5.82 Å². The van der Waals surface area contributed by atoms with Gasteiger partial charge in [0.15, 0.2) is 0 Å². The molecule has 0 spiro atoms. The monoisotopic (exact) mass is 290 g/mol. The first-order valence-electron chi connectivity index (χ1n) is 7.40. The van der Waals surface area contributed by atoms with Crippen LogP contribution in [0.4, 0.5) is 5.82 Å². The molecule has 0 bridgehead atoms. The van der Waals surface area contributed by atoms with Crippen LogP contribution in [0.1, 0.15) is 6.92 Å². The molecule has 0 saturated carbocycles. The summed E-state index contributed by atoms with van der Waals surface area (Å²) in [6.07, 6.45) is 1.79. The van der Waals surface area contributed by atoms with E-state index in [0.29, 0.717) is 26.3 Å².